The molecule has 5 atom stereocenters. The minimum Gasteiger partial charge on any atom is -0.454 e. The maximum absolute atomic E-state index is 13.2. The predicted octanol–water partition coefficient (Wildman–Crippen LogP) is 0.905. The lowest BCUT2D eigenvalue weighted by Gasteiger charge is -2.41. The van der Waals surface area contributed by atoms with Crippen LogP contribution in [0.1, 0.15) is 12.0 Å². The van der Waals surface area contributed by atoms with Crippen molar-refractivity contribution < 1.29 is 24.5 Å². The molecule has 2 aromatic rings. The van der Waals surface area contributed by atoms with E-state index in [4.69, 9.17) is 21.7 Å². The van der Waals surface area contributed by atoms with Crippen molar-refractivity contribution in [2.24, 2.45) is 5.92 Å². The van der Waals surface area contributed by atoms with Crippen LogP contribution in [0.4, 0.5) is 5.69 Å². The first-order valence-electron chi connectivity index (χ1n) is 10.2. The lowest BCUT2D eigenvalue weighted by atomic mass is 9.77. The van der Waals surface area contributed by atoms with Gasteiger partial charge < -0.3 is 35.2 Å². The molecule has 2 fully saturated rings. The fourth-order valence-corrected chi connectivity index (χ4v) is 4.96. The minimum atomic E-state index is -1.04. The van der Waals surface area contributed by atoms with E-state index >= 15 is 0 Å². The van der Waals surface area contributed by atoms with Gasteiger partial charge in [0.25, 0.3) is 0 Å². The molecule has 0 aromatic heterocycles. The van der Waals surface area contributed by atoms with Gasteiger partial charge in [-0.15, -0.1) is 0 Å². The number of anilines is 1. The molecule has 0 spiro atoms. The molecule has 9 heteroatoms. The number of ether oxygens (including phenoxy) is 2. The number of aliphatic hydroxyl groups is 2. The van der Waals surface area contributed by atoms with E-state index in [0.29, 0.717) is 23.2 Å². The fourth-order valence-electron chi connectivity index (χ4n) is 4.59. The van der Waals surface area contributed by atoms with Crippen LogP contribution in [0.15, 0.2) is 48.5 Å². The molecule has 3 aliphatic rings. The lowest BCUT2D eigenvalue weighted by Crippen LogP contribution is -2.60. The highest BCUT2D eigenvalue weighted by molar-refractivity contribution is 7.80. The number of hydrogen-bond acceptors (Lipinski definition) is 6. The first kappa shape index (κ1) is 20.0. The van der Waals surface area contributed by atoms with Gasteiger partial charge in [0.15, 0.2) is 16.6 Å². The summed E-state index contributed by atoms with van der Waals surface area (Å²) >= 11 is 5.56. The van der Waals surface area contributed by atoms with E-state index in [1.54, 1.807) is 6.07 Å². The monoisotopic (exact) mass is 441 g/mol. The highest BCUT2D eigenvalue weighted by Crippen LogP contribution is 2.41. The summed E-state index contributed by atoms with van der Waals surface area (Å²) in [5.41, 5.74) is 1.72. The van der Waals surface area contributed by atoms with E-state index in [1.165, 1.54) is 0 Å². The van der Waals surface area contributed by atoms with Crippen LogP contribution in [0.25, 0.3) is 0 Å². The second-order valence-corrected chi connectivity index (χ2v) is 8.36. The molecule has 31 heavy (non-hydrogen) atoms. The standard InChI is InChI=1S/C22H23N3O5S/c26-15-9-14(21(28)23-10-12-4-2-1-3-5-12)19-18(20(15)27)24-22(31)25(19)13-6-7-16-17(8-13)30-11-29-16/h1-8,14-15,18-20,26-27H,9-11H2,(H,23,28)(H,24,31). The Morgan fingerprint density at radius 1 is 1.16 bits per heavy atom. The lowest BCUT2D eigenvalue weighted by molar-refractivity contribution is -0.131. The van der Waals surface area contributed by atoms with Crippen molar-refractivity contribution in [3.63, 3.8) is 0 Å². The summed E-state index contributed by atoms with van der Waals surface area (Å²) < 4.78 is 10.9. The van der Waals surface area contributed by atoms with Crippen LogP contribution in [-0.2, 0) is 11.3 Å². The summed E-state index contributed by atoms with van der Waals surface area (Å²) in [4.78, 5) is 15.0. The normalized spacial score (nSPS) is 28.8. The molecular weight excluding hydrogens is 418 g/mol. The molecule has 2 aromatic carbocycles. The average molecular weight is 442 g/mol. The van der Waals surface area contributed by atoms with Crippen molar-refractivity contribution in [2.45, 2.75) is 37.3 Å². The first-order chi connectivity index (χ1) is 15.0. The van der Waals surface area contributed by atoms with Gasteiger partial charge >= 0.3 is 0 Å². The molecule has 5 unspecified atom stereocenters. The van der Waals surface area contributed by atoms with Crippen molar-refractivity contribution in [1.29, 1.82) is 0 Å². The number of carbonyl (C=O) groups excluding carboxylic acids is 1. The molecule has 1 saturated heterocycles. The van der Waals surface area contributed by atoms with E-state index in [1.807, 2.05) is 47.4 Å². The van der Waals surface area contributed by atoms with Gasteiger partial charge in [-0.1, -0.05) is 30.3 Å². The summed E-state index contributed by atoms with van der Waals surface area (Å²) in [5.74, 6) is 0.479. The number of nitrogens with zero attached hydrogens (tertiary/aromatic N) is 1. The third kappa shape index (κ3) is 3.58. The molecule has 5 rings (SSSR count). The van der Waals surface area contributed by atoms with Crippen LogP contribution >= 0.6 is 12.2 Å². The maximum atomic E-state index is 13.2. The van der Waals surface area contributed by atoms with Crippen LogP contribution < -0.4 is 25.0 Å². The number of amides is 1. The molecule has 1 saturated carbocycles. The van der Waals surface area contributed by atoms with Gasteiger partial charge in [0.2, 0.25) is 12.7 Å². The van der Waals surface area contributed by atoms with Gasteiger partial charge in [0.05, 0.1) is 24.1 Å². The molecule has 0 bridgehead atoms. The molecule has 0 radical (unpaired) electrons. The van der Waals surface area contributed by atoms with Crippen LogP contribution in [0.5, 0.6) is 11.5 Å². The van der Waals surface area contributed by atoms with Crippen molar-refractivity contribution in [3.05, 3.63) is 54.1 Å². The first-order valence-corrected chi connectivity index (χ1v) is 10.6. The van der Waals surface area contributed by atoms with E-state index in [0.717, 1.165) is 11.3 Å². The van der Waals surface area contributed by atoms with Gasteiger partial charge in [0.1, 0.15) is 6.10 Å². The maximum Gasteiger partial charge on any atom is 0.231 e. The summed E-state index contributed by atoms with van der Waals surface area (Å²) in [6.45, 7) is 0.539. The summed E-state index contributed by atoms with van der Waals surface area (Å²) in [6, 6.07) is 14.1. The number of rotatable bonds is 4. The Morgan fingerprint density at radius 3 is 2.74 bits per heavy atom. The topological polar surface area (TPSA) is 103 Å². The SMILES string of the molecule is O=C(NCc1ccccc1)C1CC(O)C(O)C2NC(=S)N(c3ccc4c(c3)OCO4)C12. The Morgan fingerprint density at radius 2 is 1.94 bits per heavy atom. The predicted molar refractivity (Wildman–Crippen MR) is 117 cm³/mol. The molecule has 2 heterocycles. The quantitative estimate of drug-likeness (QED) is 0.519. The Hall–Kier alpha value is -2.88. The minimum absolute atomic E-state index is 0.133. The molecule has 162 valence electrons. The number of nitrogens with one attached hydrogen (secondary N) is 2. The zero-order valence-electron chi connectivity index (χ0n) is 16.6. The summed E-state index contributed by atoms with van der Waals surface area (Å²) in [7, 11) is 0. The number of fused-ring (bicyclic) bond motifs is 2. The van der Waals surface area contributed by atoms with E-state index in [-0.39, 0.29) is 19.1 Å². The van der Waals surface area contributed by atoms with Crippen LogP contribution in [-0.4, -0.2) is 52.3 Å². The number of thiocarbonyl (C=S) groups is 1. The highest BCUT2D eigenvalue weighted by atomic mass is 32.1. The van der Waals surface area contributed by atoms with E-state index in [2.05, 4.69) is 10.6 Å². The Bertz CT molecular complexity index is 1000. The van der Waals surface area contributed by atoms with Gasteiger partial charge in [-0.25, -0.2) is 0 Å². The van der Waals surface area contributed by atoms with Crippen molar-refractivity contribution in [2.75, 3.05) is 11.7 Å². The van der Waals surface area contributed by atoms with Crippen molar-refractivity contribution >= 4 is 28.9 Å². The van der Waals surface area contributed by atoms with Gasteiger partial charge in [0, 0.05) is 18.3 Å². The highest BCUT2D eigenvalue weighted by Gasteiger charge is 2.54. The zero-order valence-corrected chi connectivity index (χ0v) is 17.4. The zero-order chi connectivity index (χ0) is 21.5. The molecule has 1 amide bonds. The van der Waals surface area contributed by atoms with E-state index in [9.17, 15) is 15.0 Å². The number of carbonyl (C=O) groups is 1. The van der Waals surface area contributed by atoms with Crippen LogP contribution in [0.3, 0.4) is 0 Å². The third-order valence-electron chi connectivity index (χ3n) is 6.13. The van der Waals surface area contributed by atoms with Crippen molar-refractivity contribution in [1.82, 2.24) is 10.6 Å². The number of benzene rings is 2. The number of aliphatic hydroxyl groups excluding tert-OH is 2. The van der Waals surface area contributed by atoms with Crippen molar-refractivity contribution in [3.8, 4) is 11.5 Å². The van der Waals surface area contributed by atoms with E-state index < -0.39 is 30.2 Å². The second kappa shape index (κ2) is 7.99. The van der Waals surface area contributed by atoms with Crippen LogP contribution in [0.2, 0.25) is 0 Å². The molecule has 1 aliphatic carbocycles. The number of hydrogen-bond donors (Lipinski definition) is 4. The average Bonchev–Trinajstić information content (AvgIpc) is 3.39. The fraction of sp³-hybridized carbons (Fsp3) is 0.364. The Balaban J connectivity index is 1.43. The molecule has 4 N–H and O–H groups in total. The van der Waals surface area contributed by atoms with Gasteiger partial charge in [-0.2, -0.15) is 0 Å². The Kier molecular flexibility index (Phi) is 5.17. The third-order valence-corrected chi connectivity index (χ3v) is 6.44. The summed E-state index contributed by atoms with van der Waals surface area (Å²) in [6.07, 6.45) is -1.94. The second-order valence-electron chi connectivity index (χ2n) is 7.98. The molecule has 8 nitrogen and oxygen atoms in total. The smallest absolute Gasteiger partial charge is 0.231 e. The van der Waals surface area contributed by atoms with Crippen LogP contribution in [0, 0.1) is 5.92 Å². The van der Waals surface area contributed by atoms with Gasteiger partial charge in [-0.05, 0) is 36.3 Å². The Labute approximate surface area is 184 Å². The summed E-state index contributed by atoms with van der Waals surface area (Å²) in [5, 5.41) is 27.5. The largest absolute Gasteiger partial charge is 0.454 e. The molecular formula is C22H23N3O5S. The molecule has 2 aliphatic heterocycles. The van der Waals surface area contributed by atoms with Gasteiger partial charge in [-0.3, -0.25) is 4.79 Å².